The van der Waals surface area contributed by atoms with Crippen molar-refractivity contribution in [2.45, 2.75) is 12.8 Å². The van der Waals surface area contributed by atoms with Crippen LogP contribution in [-0.4, -0.2) is 17.7 Å². The molecule has 1 aliphatic rings. The van der Waals surface area contributed by atoms with Crippen molar-refractivity contribution in [2.75, 3.05) is 6.61 Å². The summed E-state index contributed by atoms with van der Waals surface area (Å²) < 4.78 is 15.4. The number of rotatable bonds is 3. The molecular formula is C8H11NaO3. The van der Waals surface area contributed by atoms with Crippen molar-refractivity contribution >= 4 is 5.97 Å². The fourth-order valence-corrected chi connectivity index (χ4v) is 1.10. The number of allylic oxidation sites excluding steroid dienone is 2. The van der Waals surface area contributed by atoms with E-state index in [-0.39, 0.29) is 36.0 Å². The van der Waals surface area contributed by atoms with Gasteiger partial charge in [-0.15, -0.1) is 0 Å². The fraction of sp³-hybridized carbons (Fsp3) is 0.625. The number of hydrogen-bond donors (Lipinski definition) is 1. The molecule has 1 aliphatic carbocycles. The molecule has 0 radical (unpaired) electrons. The standard InChI is InChI=1S/C8H12O3.Na/c9-5-7-3-1-2-6(7)4-8(10)11;/h1-2,6-7,9H,3-5H2,(H,10,11);/q;+1/p-1/t6-,7+;/m1./s1/i6D,7D;. The zero-order chi connectivity index (χ0) is 10.1. The summed E-state index contributed by atoms with van der Waals surface area (Å²) in [5, 5.41) is 19.2. The Balaban J connectivity index is 0.00000169. The molecule has 1 N–H and O–H groups in total. The largest absolute Gasteiger partial charge is 1.00 e. The third-order valence-corrected chi connectivity index (χ3v) is 1.66. The minimum Gasteiger partial charge on any atom is -0.550 e. The van der Waals surface area contributed by atoms with E-state index in [2.05, 4.69) is 0 Å². The van der Waals surface area contributed by atoms with Crippen LogP contribution in [0.4, 0.5) is 0 Å². The van der Waals surface area contributed by atoms with Crippen molar-refractivity contribution < 1.29 is 47.3 Å². The average molecular weight is 180 g/mol. The van der Waals surface area contributed by atoms with Gasteiger partial charge >= 0.3 is 29.6 Å². The van der Waals surface area contributed by atoms with Gasteiger partial charge in [-0.2, -0.15) is 0 Å². The number of aliphatic carboxylic acids is 1. The van der Waals surface area contributed by atoms with E-state index in [1.54, 1.807) is 6.08 Å². The smallest absolute Gasteiger partial charge is 0.550 e. The number of carbonyl (C=O) groups excluding carboxylic acids is 1. The molecule has 0 saturated carbocycles. The molecule has 0 spiro atoms. The predicted octanol–water partition coefficient (Wildman–Crippen LogP) is -3.68. The summed E-state index contributed by atoms with van der Waals surface area (Å²) in [7, 11) is 0. The van der Waals surface area contributed by atoms with E-state index < -0.39 is 30.8 Å². The van der Waals surface area contributed by atoms with Crippen LogP contribution in [0.15, 0.2) is 12.2 Å². The third kappa shape index (κ3) is 3.27. The van der Waals surface area contributed by atoms with Gasteiger partial charge < -0.3 is 15.0 Å². The van der Waals surface area contributed by atoms with E-state index in [0.29, 0.717) is 0 Å². The van der Waals surface area contributed by atoms with E-state index in [4.69, 9.17) is 7.85 Å². The molecule has 0 bridgehead atoms. The Morgan fingerprint density at radius 3 is 3.00 bits per heavy atom. The molecule has 0 aliphatic heterocycles. The topological polar surface area (TPSA) is 60.4 Å². The van der Waals surface area contributed by atoms with E-state index >= 15 is 0 Å². The minimum atomic E-state index is -1.55. The van der Waals surface area contributed by atoms with Crippen molar-refractivity contribution in [3.63, 3.8) is 0 Å². The van der Waals surface area contributed by atoms with E-state index in [1.807, 2.05) is 0 Å². The van der Waals surface area contributed by atoms with Gasteiger partial charge in [0.2, 0.25) is 0 Å². The second kappa shape index (κ2) is 5.75. The fourth-order valence-electron chi connectivity index (χ4n) is 1.10. The SMILES string of the molecule is [2H][C@@]1(CO)CC=C[C@]1([2H])CC(=O)[O-].[Na+]. The first kappa shape index (κ1) is 8.75. The zero-order valence-electron chi connectivity index (χ0n) is 9.04. The summed E-state index contributed by atoms with van der Waals surface area (Å²) in [6.45, 7) is -0.517. The van der Waals surface area contributed by atoms with Gasteiger partial charge in [0, 0.05) is 15.3 Å². The van der Waals surface area contributed by atoms with Crippen molar-refractivity contribution in [2.24, 2.45) is 11.8 Å². The number of carboxylic acids is 1. The summed E-state index contributed by atoms with van der Waals surface area (Å²) in [4.78, 5) is 10.3. The van der Waals surface area contributed by atoms with Crippen molar-refractivity contribution in [3.05, 3.63) is 12.2 Å². The molecule has 4 heteroatoms. The normalized spacial score (nSPS) is 41.4. The third-order valence-electron chi connectivity index (χ3n) is 1.66. The summed E-state index contributed by atoms with van der Waals surface area (Å²) in [6.07, 6.45) is 2.57. The molecule has 0 aromatic heterocycles. The molecule has 3 nitrogen and oxygen atoms in total. The second-order valence-electron chi connectivity index (χ2n) is 2.44. The number of carbonyl (C=O) groups is 1. The van der Waals surface area contributed by atoms with E-state index in [0.717, 1.165) is 0 Å². The second-order valence-corrected chi connectivity index (χ2v) is 2.44. The Bertz CT molecular complexity index is 259. The van der Waals surface area contributed by atoms with Crippen LogP contribution in [0.5, 0.6) is 0 Å². The Kier molecular flexibility index (Phi) is 4.20. The quantitative estimate of drug-likeness (QED) is 0.359. The maximum Gasteiger partial charge on any atom is 1.00 e. The van der Waals surface area contributed by atoms with Crippen molar-refractivity contribution in [1.29, 1.82) is 0 Å². The number of aliphatic hydroxyl groups is 1. The van der Waals surface area contributed by atoms with E-state index in [9.17, 15) is 9.90 Å². The Morgan fingerprint density at radius 2 is 2.50 bits per heavy atom. The van der Waals surface area contributed by atoms with Crippen LogP contribution in [0.25, 0.3) is 0 Å². The molecule has 2 atom stereocenters. The molecule has 0 fully saturated rings. The molecule has 1 rings (SSSR count). The molecule has 12 heavy (non-hydrogen) atoms. The minimum absolute atomic E-state index is 0. The average Bonchev–Trinajstić information content (AvgIpc) is 2.28. The Labute approximate surface area is 96.6 Å². The van der Waals surface area contributed by atoms with Crippen LogP contribution >= 0.6 is 0 Å². The first-order valence-corrected chi connectivity index (χ1v) is 3.42. The van der Waals surface area contributed by atoms with Gasteiger partial charge in [0.1, 0.15) is 0 Å². The summed E-state index contributed by atoms with van der Waals surface area (Å²) in [5.41, 5.74) is 0. The Hall–Kier alpha value is 0.170. The first-order chi connectivity index (χ1) is 5.93. The monoisotopic (exact) mass is 180 g/mol. The molecule has 0 saturated heterocycles. The van der Waals surface area contributed by atoms with Gasteiger partial charge in [-0.25, -0.2) is 0 Å². The molecule has 0 heterocycles. The van der Waals surface area contributed by atoms with Gasteiger partial charge in [-0.1, -0.05) is 12.2 Å². The predicted molar refractivity (Wildman–Crippen MR) is 37.4 cm³/mol. The number of hydrogen-bond acceptors (Lipinski definition) is 3. The van der Waals surface area contributed by atoms with E-state index in [1.165, 1.54) is 6.08 Å². The zero-order valence-corrected chi connectivity index (χ0v) is 9.04. The molecule has 62 valence electrons. The number of carboxylic acid groups (broad SMARTS) is 1. The van der Waals surface area contributed by atoms with Crippen LogP contribution in [-0.2, 0) is 4.79 Å². The van der Waals surface area contributed by atoms with Crippen molar-refractivity contribution in [1.82, 2.24) is 0 Å². The number of aliphatic hydroxyl groups excluding tert-OH is 1. The maximum absolute atomic E-state index is 10.3. The summed E-state index contributed by atoms with van der Waals surface area (Å²) in [6, 6.07) is 0. The van der Waals surface area contributed by atoms with Crippen LogP contribution in [0.2, 0.25) is 0 Å². The van der Waals surface area contributed by atoms with Crippen LogP contribution < -0.4 is 34.7 Å². The van der Waals surface area contributed by atoms with Crippen molar-refractivity contribution in [3.8, 4) is 0 Å². The van der Waals surface area contributed by atoms with Gasteiger partial charge in [-0.3, -0.25) is 0 Å². The van der Waals surface area contributed by atoms with Crippen LogP contribution in [0.3, 0.4) is 0 Å². The molecule has 0 aromatic rings. The maximum atomic E-state index is 10.3. The molecule has 0 amide bonds. The van der Waals surface area contributed by atoms with Gasteiger partial charge in [0.25, 0.3) is 0 Å². The first-order valence-electron chi connectivity index (χ1n) is 4.42. The Morgan fingerprint density at radius 1 is 1.83 bits per heavy atom. The summed E-state index contributed by atoms with van der Waals surface area (Å²) >= 11 is 0. The molecular weight excluding hydrogens is 167 g/mol. The summed E-state index contributed by atoms with van der Waals surface area (Å²) in [5.74, 6) is -4.36. The molecule has 0 unspecified atom stereocenters. The van der Waals surface area contributed by atoms with Gasteiger partial charge in [0.15, 0.2) is 0 Å². The van der Waals surface area contributed by atoms with Gasteiger partial charge in [-0.05, 0) is 24.6 Å². The van der Waals surface area contributed by atoms with Crippen LogP contribution in [0.1, 0.15) is 15.6 Å². The van der Waals surface area contributed by atoms with Crippen LogP contribution in [0, 0.1) is 11.8 Å². The van der Waals surface area contributed by atoms with Gasteiger partial charge in [0.05, 0.1) is 0 Å². The molecule has 0 aromatic carbocycles.